The zero-order chi connectivity index (χ0) is 10.4. The molecule has 1 aliphatic heterocycles. The van der Waals surface area contributed by atoms with Crippen LogP contribution in [0.1, 0.15) is 32.1 Å². The highest BCUT2D eigenvalue weighted by Gasteiger charge is 2.25. The van der Waals surface area contributed by atoms with Crippen LogP contribution in [-0.2, 0) is 4.79 Å². The monoisotopic (exact) mass is 190 g/mol. The summed E-state index contributed by atoms with van der Waals surface area (Å²) < 4.78 is 0. The number of nitrogens with zero attached hydrogens (tertiary/aromatic N) is 2. The van der Waals surface area contributed by atoms with Crippen LogP contribution in [0.15, 0.2) is 0 Å². The maximum atomic E-state index is 11.6. The summed E-state index contributed by atoms with van der Waals surface area (Å²) >= 11 is 0. The van der Waals surface area contributed by atoms with E-state index < -0.39 is 0 Å². The quantitative estimate of drug-likeness (QED) is 0.616. The minimum Gasteiger partial charge on any atom is -0.327 e. The lowest BCUT2D eigenvalue weighted by Crippen LogP contribution is -2.42. The minimum atomic E-state index is -0.228. The van der Waals surface area contributed by atoms with Gasteiger partial charge in [0.25, 0.3) is 0 Å². The molecule has 0 saturated carbocycles. The number of rotatable bonds is 2. The van der Waals surface area contributed by atoms with Gasteiger partial charge in [-0.1, -0.05) is 0 Å². The second-order valence-electron chi connectivity index (χ2n) is 3.43. The Hall–Kier alpha value is -1.48. The summed E-state index contributed by atoms with van der Waals surface area (Å²) in [4.78, 5) is 13.3. The predicted molar refractivity (Wildman–Crippen MR) is 53.0 cm³/mol. The summed E-state index contributed by atoms with van der Waals surface area (Å²) in [7, 11) is 0. The topological polar surface area (TPSA) is 44.1 Å². The van der Waals surface area contributed by atoms with Gasteiger partial charge in [-0.2, -0.15) is 5.26 Å². The molecular weight excluding hydrogens is 176 g/mol. The first-order valence-electron chi connectivity index (χ1n) is 4.92. The Bertz CT molecular complexity index is 285. The van der Waals surface area contributed by atoms with Gasteiger partial charge in [-0.3, -0.25) is 4.79 Å². The summed E-state index contributed by atoms with van der Waals surface area (Å²) in [6, 6.07) is 1.94. The maximum absolute atomic E-state index is 11.6. The molecule has 0 bridgehead atoms. The fourth-order valence-electron chi connectivity index (χ4n) is 1.69. The highest BCUT2D eigenvalue weighted by molar-refractivity contribution is 5.77. The van der Waals surface area contributed by atoms with Crippen LogP contribution in [0.2, 0.25) is 0 Å². The summed E-state index contributed by atoms with van der Waals surface area (Å²) in [5.74, 6) is 2.46. The van der Waals surface area contributed by atoms with Gasteiger partial charge in [0, 0.05) is 19.4 Å². The lowest BCUT2D eigenvalue weighted by molar-refractivity contribution is -0.133. The van der Waals surface area contributed by atoms with Gasteiger partial charge in [-0.15, -0.1) is 12.3 Å². The van der Waals surface area contributed by atoms with Crippen LogP contribution < -0.4 is 0 Å². The normalized spacial score (nSPS) is 21.0. The van der Waals surface area contributed by atoms with Gasteiger partial charge in [0.1, 0.15) is 6.04 Å². The van der Waals surface area contributed by atoms with E-state index in [1.165, 1.54) is 0 Å². The van der Waals surface area contributed by atoms with E-state index in [-0.39, 0.29) is 11.9 Å². The third-order valence-corrected chi connectivity index (χ3v) is 2.46. The Morgan fingerprint density at radius 1 is 1.57 bits per heavy atom. The number of nitriles is 1. The van der Waals surface area contributed by atoms with Gasteiger partial charge in [0.2, 0.25) is 5.91 Å². The average Bonchev–Trinajstić information content (AvgIpc) is 2.25. The van der Waals surface area contributed by atoms with Crippen molar-refractivity contribution >= 4 is 5.91 Å². The van der Waals surface area contributed by atoms with E-state index >= 15 is 0 Å². The fourth-order valence-corrected chi connectivity index (χ4v) is 1.69. The number of hydrogen-bond donors (Lipinski definition) is 0. The highest BCUT2D eigenvalue weighted by Crippen LogP contribution is 2.17. The standard InChI is InChI=1S/C11H14N2O/c1-2-3-7-11(14)13-8-5-4-6-10(13)9-12/h1,10H,3-8H2. The Balaban J connectivity index is 2.52. The van der Waals surface area contributed by atoms with Gasteiger partial charge < -0.3 is 4.90 Å². The van der Waals surface area contributed by atoms with E-state index in [0.717, 1.165) is 19.3 Å². The van der Waals surface area contributed by atoms with Crippen LogP contribution >= 0.6 is 0 Å². The number of hydrogen-bond acceptors (Lipinski definition) is 2. The molecule has 3 nitrogen and oxygen atoms in total. The third kappa shape index (κ3) is 2.50. The Morgan fingerprint density at radius 3 is 3.00 bits per heavy atom. The van der Waals surface area contributed by atoms with E-state index in [2.05, 4.69) is 12.0 Å². The zero-order valence-corrected chi connectivity index (χ0v) is 8.20. The largest absolute Gasteiger partial charge is 0.327 e. The van der Waals surface area contributed by atoms with Gasteiger partial charge in [0.15, 0.2) is 0 Å². The summed E-state index contributed by atoms with van der Waals surface area (Å²) in [5.41, 5.74) is 0. The van der Waals surface area contributed by atoms with Crippen molar-refractivity contribution in [3.63, 3.8) is 0 Å². The molecular formula is C11H14N2O. The van der Waals surface area contributed by atoms with Crippen molar-refractivity contribution in [1.82, 2.24) is 4.90 Å². The zero-order valence-electron chi connectivity index (χ0n) is 8.20. The number of terminal acetylenes is 1. The van der Waals surface area contributed by atoms with E-state index in [4.69, 9.17) is 11.7 Å². The summed E-state index contributed by atoms with van der Waals surface area (Å²) in [5, 5.41) is 8.85. The first-order chi connectivity index (χ1) is 6.79. The van der Waals surface area contributed by atoms with Crippen molar-refractivity contribution in [3.8, 4) is 18.4 Å². The van der Waals surface area contributed by atoms with Crippen LogP contribution in [0.5, 0.6) is 0 Å². The molecule has 74 valence electrons. The van der Waals surface area contributed by atoms with Gasteiger partial charge in [0.05, 0.1) is 6.07 Å². The van der Waals surface area contributed by atoms with E-state index in [1.54, 1.807) is 4.90 Å². The Morgan fingerprint density at radius 2 is 2.36 bits per heavy atom. The highest BCUT2D eigenvalue weighted by atomic mass is 16.2. The maximum Gasteiger partial charge on any atom is 0.224 e. The van der Waals surface area contributed by atoms with Crippen molar-refractivity contribution in [1.29, 1.82) is 5.26 Å². The molecule has 0 aromatic rings. The first-order valence-corrected chi connectivity index (χ1v) is 4.92. The predicted octanol–water partition coefficient (Wildman–Crippen LogP) is 1.30. The molecule has 1 amide bonds. The fraction of sp³-hybridized carbons (Fsp3) is 0.636. The molecule has 1 saturated heterocycles. The summed E-state index contributed by atoms with van der Waals surface area (Å²) in [6.45, 7) is 0.710. The van der Waals surface area contributed by atoms with Crippen LogP contribution in [0.3, 0.4) is 0 Å². The number of piperidine rings is 1. The van der Waals surface area contributed by atoms with Gasteiger partial charge in [-0.05, 0) is 19.3 Å². The molecule has 0 aliphatic carbocycles. The molecule has 3 heteroatoms. The van der Waals surface area contributed by atoms with E-state index in [9.17, 15) is 4.79 Å². The van der Waals surface area contributed by atoms with Gasteiger partial charge >= 0.3 is 0 Å². The minimum absolute atomic E-state index is 0.0224. The van der Waals surface area contributed by atoms with Crippen LogP contribution in [0.4, 0.5) is 0 Å². The lowest BCUT2D eigenvalue weighted by Gasteiger charge is -2.31. The smallest absolute Gasteiger partial charge is 0.224 e. The van der Waals surface area contributed by atoms with Crippen LogP contribution in [-0.4, -0.2) is 23.4 Å². The number of carbonyl (C=O) groups excluding carboxylic acids is 1. The molecule has 0 aromatic carbocycles. The van der Waals surface area contributed by atoms with Crippen molar-refractivity contribution in [2.24, 2.45) is 0 Å². The molecule has 0 radical (unpaired) electrons. The Labute approximate surface area is 84.7 Å². The molecule has 0 N–H and O–H groups in total. The van der Waals surface area contributed by atoms with Crippen molar-refractivity contribution in [3.05, 3.63) is 0 Å². The van der Waals surface area contributed by atoms with E-state index in [0.29, 0.717) is 19.4 Å². The Kier molecular flexibility index (Phi) is 4.01. The molecule has 1 atom stereocenters. The number of likely N-dealkylation sites (tertiary alicyclic amines) is 1. The van der Waals surface area contributed by atoms with Crippen LogP contribution in [0, 0.1) is 23.7 Å². The molecule has 1 aliphatic rings. The van der Waals surface area contributed by atoms with Crippen LogP contribution in [0.25, 0.3) is 0 Å². The molecule has 1 fully saturated rings. The van der Waals surface area contributed by atoms with Gasteiger partial charge in [-0.25, -0.2) is 0 Å². The van der Waals surface area contributed by atoms with Crippen molar-refractivity contribution in [2.45, 2.75) is 38.1 Å². The second-order valence-corrected chi connectivity index (χ2v) is 3.43. The summed E-state index contributed by atoms with van der Waals surface area (Å²) in [6.07, 6.45) is 8.77. The number of carbonyl (C=O) groups is 1. The molecule has 14 heavy (non-hydrogen) atoms. The molecule has 0 spiro atoms. The third-order valence-electron chi connectivity index (χ3n) is 2.46. The second kappa shape index (κ2) is 5.29. The molecule has 1 unspecified atom stereocenters. The van der Waals surface area contributed by atoms with Crippen molar-refractivity contribution < 1.29 is 4.79 Å². The first kappa shape index (κ1) is 10.6. The lowest BCUT2D eigenvalue weighted by atomic mass is 10.0. The molecule has 1 heterocycles. The van der Waals surface area contributed by atoms with Crippen molar-refractivity contribution in [2.75, 3.05) is 6.54 Å². The molecule has 1 rings (SSSR count). The SMILES string of the molecule is C#CCCC(=O)N1CCCCC1C#N. The van der Waals surface area contributed by atoms with E-state index in [1.807, 2.05) is 0 Å². The number of amides is 1. The average molecular weight is 190 g/mol. The molecule has 0 aromatic heterocycles.